The minimum atomic E-state index is -0.744. The van der Waals surface area contributed by atoms with Gasteiger partial charge in [0.1, 0.15) is 12.4 Å². The van der Waals surface area contributed by atoms with Crippen LogP contribution in [0.3, 0.4) is 0 Å². The Balaban J connectivity index is 1.59. The van der Waals surface area contributed by atoms with Gasteiger partial charge < -0.3 is 19.3 Å². The minimum Gasteiger partial charge on any atom is -0.504 e. The van der Waals surface area contributed by atoms with Crippen molar-refractivity contribution in [2.75, 3.05) is 13.7 Å². The van der Waals surface area contributed by atoms with E-state index in [1.165, 1.54) is 24.5 Å². The van der Waals surface area contributed by atoms with E-state index in [0.29, 0.717) is 44.3 Å². The van der Waals surface area contributed by atoms with E-state index in [-0.39, 0.29) is 17.9 Å². The van der Waals surface area contributed by atoms with E-state index in [9.17, 15) is 14.7 Å². The third-order valence-electron chi connectivity index (χ3n) is 6.62. The van der Waals surface area contributed by atoms with Crippen LogP contribution in [-0.4, -0.2) is 29.4 Å². The number of fused-ring (bicyclic) bond motifs is 1. The van der Waals surface area contributed by atoms with Gasteiger partial charge in [-0.05, 0) is 60.4 Å². The van der Waals surface area contributed by atoms with Crippen molar-refractivity contribution < 1.29 is 24.1 Å². The Labute approximate surface area is 241 Å². The number of thiazole rings is 1. The van der Waals surface area contributed by atoms with Gasteiger partial charge in [0.15, 0.2) is 16.3 Å². The molecule has 4 aromatic rings. The van der Waals surface area contributed by atoms with Gasteiger partial charge in [0.25, 0.3) is 5.56 Å². The summed E-state index contributed by atoms with van der Waals surface area (Å²) in [4.78, 5) is 32.6. The maximum atomic E-state index is 13.9. The molecule has 1 aliphatic rings. The van der Waals surface area contributed by atoms with E-state index in [2.05, 4.69) is 4.99 Å². The van der Waals surface area contributed by atoms with Crippen LogP contribution >= 0.6 is 11.3 Å². The predicted octanol–water partition coefficient (Wildman–Crippen LogP) is 4.48. The average Bonchev–Trinajstić information content (AvgIpc) is 3.29. The van der Waals surface area contributed by atoms with Crippen LogP contribution in [0, 0.1) is 0 Å². The Morgan fingerprint density at radius 1 is 1.10 bits per heavy atom. The van der Waals surface area contributed by atoms with Crippen molar-refractivity contribution in [3.63, 3.8) is 0 Å². The fourth-order valence-corrected chi connectivity index (χ4v) is 5.65. The van der Waals surface area contributed by atoms with Crippen LogP contribution in [0.5, 0.6) is 17.2 Å². The van der Waals surface area contributed by atoms with E-state index < -0.39 is 12.0 Å². The first-order chi connectivity index (χ1) is 19.9. The molecule has 5 rings (SSSR count). The molecule has 0 fully saturated rings. The number of ether oxygens (including phenoxy) is 3. The zero-order chi connectivity index (χ0) is 28.9. The van der Waals surface area contributed by atoms with Gasteiger partial charge in [0.2, 0.25) is 0 Å². The van der Waals surface area contributed by atoms with E-state index in [1.807, 2.05) is 61.5 Å². The van der Waals surface area contributed by atoms with Crippen molar-refractivity contribution in [2.24, 2.45) is 4.99 Å². The number of methoxy groups -OCH3 is 1. The lowest BCUT2D eigenvalue weighted by atomic mass is 9.96. The number of carbonyl (C=O) groups is 1. The molecule has 0 saturated heterocycles. The third-order valence-corrected chi connectivity index (χ3v) is 7.61. The van der Waals surface area contributed by atoms with Gasteiger partial charge in [0, 0.05) is 0 Å². The van der Waals surface area contributed by atoms with Crippen molar-refractivity contribution in [2.45, 2.75) is 32.9 Å². The Morgan fingerprint density at radius 3 is 2.56 bits per heavy atom. The second kappa shape index (κ2) is 12.3. The van der Waals surface area contributed by atoms with Crippen molar-refractivity contribution in [3.05, 3.63) is 120 Å². The summed E-state index contributed by atoms with van der Waals surface area (Å²) >= 11 is 1.23. The summed E-state index contributed by atoms with van der Waals surface area (Å²) < 4.78 is 18.7. The highest BCUT2D eigenvalue weighted by Gasteiger charge is 2.33. The molecule has 1 aliphatic heterocycles. The van der Waals surface area contributed by atoms with E-state index >= 15 is 0 Å². The van der Waals surface area contributed by atoms with Crippen molar-refractivity contribution >= 4 is 23.4 Å². The van der Waals surface area contributed by atoms with Crippen LogP contribution < -0.4 is 24.4 Å². The number of phenols is 1. The number of hydrogen-bond acceptors (Lipinski definition) is 8. The number of benzene rings is 3. The molecule has 41 heavy (non-hydrogen) atoms. The smallest absolute Gasteiger partial charge is 0.338 e. The highest BCUT2D eigenvalue weighted by atomic mass is 32.1. The Hall–Kier alpha value is -4.63. The van der Waals surface area contributed by atoms with E-state index in [0.717, 1.165) is 17.5 Å². The maximum Gasteiger partial charge on any atom is 0.338 e. The van der Waals surface area contributed by atoms with Crippen LogP contribution in [0.15, 0.2) is 93.9 Å². The van der Waals surface area contributed by atoms with Crippen LogP contribution in [0.25, 0.3) is 6.08 Å². The molecule has 9 heteroatoms. The lowest BCUT2D eigenvalue weighted by Crippen LogP contribution is -2.39. The first-order valence-electron chi connectivity index (χ1n) is 13.2. The fraction of sp³-hybridized carbons (Fsp3) is 0.219. The molecule has 0 saturated carbocycles. The second-order valence-corrected chi connectivity index (χ2v) is 10.5. The first kappa shape index (κ1) is 27.9. The SMILES string of the molecule is CCCOc1ccc(C2C(C(=O)OCc3ccccc3)=C(C)N=c3s/c(=C\c4ccc(O)c(OC)c4)c(=O)n32)cc1. The zero-order valence-electron chi connectivity index (χ0n) is 23.0. The van der Waals surface area contributed by atoms with Gasteiger partial charge in [-0.1, -0.05) is 66.8 Å². The Kier molecular flexibility index (Phi) is 8.35. The summed E-state index contributed by atoms with van der Waals surface area (Å²) in [6.07, 6.45) is 2.60. The number of nitrogens with zero attached hydrogens (tertiary/aromatic N) is 2. The van der Waals surface area contributed by atoms with E-state index in [4.69, 9.17) is 14.2 Å². The summed E-state index contributed by atoms with van der Waals surface area (Å²) in [7, 11) is 1.46. The molecule has 1 aromatic heterocycles. The van der Waals surface area contributed by atoms with Crippen molar-refractivity contribution in [1.82, 2.24) is 4.57 Å². The number of esters is 1. The molecule has 0 spiro atoms. The number of aromatic nitrogens is 1. The number of carbonyl (C=O) groups excluding carboxylic acids is 1. The van der Waals surface area contributed by atoms with Crippen molar-refractivity contribution in [3.8, 4) is 17.2 Å². The first-order valence-corrected chi connectivity index (χ1v) is 14.0. The molecule has 3 aromatic carbocycles. The number of phenolic OH excluding ortho intramolecular Hbond substituents is 1. The third kappa shape index (κ3) is 5.95. The van der Waals surface area contributed by atoms with Gasteiger partial charge in [-0.3, -0.25) is 9.36 Å². The minimum absolute atomic E-state index is 0.00625. The van der Waals surface area contributed by atoms with Crippen LogP contribution in [0.4, 0.5) is 0 Å². The highest BCUT2D eigenvalue weighted by Crippen LogP contribution is 2.32. The summed E-state index contributed by atoms with van der Waals surface area (Å²) in [5, 5.41) is 9.97. The molecule has 2 heterocycles. The maximum absolute atomic E-state index is 13.9. The molecule has 8 nitrogen and oxygen atoms in total. The molecule has 1 atom stereocenters. The molecule has 0 bridgehead atoms. The molecule has 0 radical (unpaired) electrons. The molecule has 210 valence electrons. The average molecular weight is 571 g/mol. The van der Waals surface area contributed by atoms with Crippen LogP contribution in [0.2, 0.25) is 0 Å². The Bertz CT molecular complexity index is 1770. The number of rotatable bonds is 9. The topological polar surface area (TPSA) is 99.4 Å². The summed E-state index contributed by atoms with van der Waals surface area (Å²) in [6.45, 7) is 4.48. The molecule has 1 N–H and O–H groups in total. The van der Waals surface area contributed by atoms with Gasteiger partial charge in [0.05, 0.1) is 35.6 Å². The Morgan fingerprint density at radius 2 is 1.85 bits per heavy atom. The number of aromatic hydroxyl groups is 1. The quantitative estimate of drug-likeness (QED) is 0.298. The van der Waals surface area contributed by atoms with Crippen LogP contribution in [0.1, 0.15) is 43.0 Å². The summed E-state index contributed by atoms with van der Waals surface area (Å²) in [6, 6.07) is 20.9. The monoisotopic (exact) mass is 570 g/mol. The largest absolute Gasteiger partial charge is 0.504 e. The number of allylic oxidation sites excluding steroid dienone is 1. The lowest BCUT2D eigenvalue weighted by Gasteiger charge is -2.25. The van der Waals surface area contributed by atoms with Gasteiger partial charge in [-0.25, -0.2) is 9.79 Å². The predicted molar refractivity (Wildman–Crippen MR) is 157 cm³/mol. The normalized spacial score (nSPS) is 14.8. The standard InChI is InChI=1S/C32H30N2O6S/c1-4-16-39-24-13-11-23(12-14-24)29-28(31(37)40-19-21-8-6-5-7-9-21)20(2)33-32-34(29)30(36)27(41-32)18-22-10-15-25(35)26(17-22)38-3/h5-15,17-18,29,35H,4,16,19H2,1-3H3/b27-18-. The molecule has 0 aliphatic carbocycles. The zero-order valence-corrected chi connectivity index (χ0v) is 23.8. The van der Waals surface area contributed by atoms with Crippen LogP contribution in [-0.2, 0) is 16.1 Å². The van der Waals surface area contributed by atoms with Gasteiger partial charge in [-0.15, -0.1) is 0 Å². The molecule has 1 unspecified atom stereocenters. The highest BCUT2D eigenvalue weighted by molar-refractivity contribution is 7.07. The molecular weight excluding hydrogens is 540 g/mol. The molecular formula is C32H30N2O6S. The van der Waals surface area contributed by atoms with Gasteiger partial charge in [-0.2, -0.15) is 0 Å². The number of hydrogen-bond donors (Lipinski definition) is 1. The second-order valence-electron chi connectivity index (χ2n) is 9.49. The lowest BCUT2D eigenvalue weighted by molar-refractivity contribution is -0.140. The summed E-state index contributed by atoms with van der Waals surface area (Å²) in [5.41, 5.74) is 2.76. The van der Waals surface area contributed by atoms with Gasteiger partial charge >= 0.3 is 5.97 Å². The summed E-state index contributed by atoms with van der Waals surface area (Å²) in [5.74, 6) is 0.475. The fourth-order valence-electron chi connectivity index (χ4n) is 4.60. The van der Waals surface area contributed by atoms with Crippen molar-refractivity contribution in [1.29, 1.82) is 0 Å². The van der Waals surface area contributed by atoms with E-state index in [1.54, 1.807) is 29.7 Å². The molecule has 0 amide bonds.